The minimum absolute atomic E-state index is 0.684. The molecule has 4 heteroatoms. The minimum Gasteiger partial charge on any atom is -0.478 e. The fourth-order valence-electron chi connectivity index (χ4n) is 1.51. The van der Waals surface area contributed by atoms with Gasteiger partial charge in [0.25, 0.3) is 0 Å². The predicted octanol–water partition coefficient (Wildman–Crippen LogP) is 3.04. The summed E-state index contributed by atoms with van der Waals surface area (Å²) in [5.41, 5.74) is 0. The van der Waals surface area contributed by atoms with E-state index in [2.05, 4.69) is 29.1 Å². The molecule has 0 aliphatic rings. The fourth-order valence-corrected chi connectivity index (χ4v) is 1.51. The Labute approximate surface area is 104 Å². The molecule has 1 aromatic heterocycles. The highest BCUT2D eigenvalue weighted by Gasteiger charge is 2.03. The van der Waals surface area contributed by atoms with Crippen LogP contribution >= 0.6 is 0 Å². The average molecular weight is 237 g/mol. The first-order valence-electron chi connectivity index (χ1n) is 6.54. The maximum atomic E-state index is 5.65. The van der Waals surface area contributed by atoms with Crippen molar-refractivity contribution in [3.05, 3.63) is 11.9 Å². The summed E-state index contributed by atoms with van der Waals surface area (Å²) in [7, 11) is 0. The summed E-state index contributed by atoms with van der Waals surface area (Å²) in [5.74, 6) is 2.36. The van der Waals surface area contributed by atoms with Crippen molar-refractivity contribution in [3.8, 4) is 5.88 Å². The van der Waals surface area contributed by atoms with Gasteiger partial charge in [0, 0.05) is 19.0 Å². The van der Waals surface area contributed by atoms with Gasteiger partial charge in [-0.15, -0.1) is 0 Å². The second-order valence-corrected chi connectivity index (χ2v) is 3.95. The SMILES string of the molecule is CCCCCOc1cc(NCC)nc(CC)n1. The third-order valence-corrected chi connectivity index (χ3v) is 2.42. The molecule has 1 N–H and O–H groups in total. The third-order valence-electron chi connectivity index (χ3n) is 2.42. The molecular formula is C13H23N3O. The molecule has 4 nitrogen and oxygen atoms in total. The molecule has 0 fully saturated rings. The second-order valence-electron chi connectivity index (χ2n) is 3.95. The van der Waals surface area contributed by atoms with Gasteiger partial charge in [0.05, 0.1) is 6.61 Å². The summed E-state index contributed by atoms with van der Waals surface area (Å²) < 4.78 is 5.65. The van der Waals surface area contributed by atoms with Crippen LogP contribution in [0, 0.1) is 0 Å². The molecule has 0 atom stereocenters. The summed E-state index contributed by atoms with van der Waals surface area (Å²) >= 11 is 0. The van der Waals surface area contributed by atoms with E-state index in [4.69, 9.17) is 4.74 Å². The van der Waals surface area contributed by atoms with Crippen LogP contribution in [0.2, 0.25) is 0 Å². The van der Waals surface area contributed by atoms with Crippen LogP contribution in [0.15, 0.2) is 6.07 Å². The Morgan fingerprint density at radius 3 is 2.65 bits per heavy atom. The van der Waals surface area contributed by atoms with E-state index in [1.807, 2.05) is 13.0 Å². The van der Waals surface area contributed by atoms with E-state index in [9.17, 15) is 0 Å². The first-order chi connectivity index (χ1) is 8.30. The van der Waals surface area contributed by atoms with E-state index in [0.717, 1.165) is 37.6 Å². The van der Waals surface area contributed by atoms with Crippen molar-refractivity contribution in [2.45, 2.75) is 46.5 Å². The number of ether oxygens (including phenoxy) is 1. The van der Waals surface area contributed by atoms with Gasteiger partial charge < -0.3 is 10.1 Å². The Bertz CT molecular complexity index is 328. The van der Waals surface area contributed by atoms with Gasteiger partial charge in [-0.05, 0) is 13.3 Å². The predicted molar refractivity (Wildman–Crippen MR) is 70.6 cm³/mol. The normalized spacial score (nSPS) is 10.3. The number of aryl methyl sites for hydroxylation is 1. The molecule has 1 rings (SSSR count). The van der Waals surface area contributed by atoms with Gasteiger partial charge >= 0.3 is 0 Å². The van der Waals surface area contributed by atoms with Gasteiger partial charge in [-0.3, -0.25) is 0 Å². The number of nitrogens with zero attached hydrogens (tertiary/aromatic N) is 2. The Hall–Kier alpha value is -1.32. The molecule has 0 aromatic carbocycles. The third kappa shape index (κ3) is 5.02. The topological polar surface area (TPSA) is 47.0 Å². The van der Waals surface area contributed by atoms with Gasteiger partial charge in [-0.1, -0.05) is 26.7 Å². The molecule has 0 bridgehead atoms. The average Bonchev–Trinajstić information content (AvgIpc) is 2.35. The molecule has 0 radical (unpaired) electrons. The van der Waals surface area contributed by atoms with Crippen molar-refractivity contribution >= 4 is 5.82 Å². The van der Waals surface area contributed by atoms with Crippen LogP contribution < -0.4 is 10.1 Å². The maximum absolute atomic E-state index is 5.65. The lowest BCUT2D eigenvalue weighted by Gasteiger charge is -2.09. The molecule has 0 saturated heterocycles. The first kappa shape index (κ1) is 13.7. The van der Waals surface area contributed by atoms with Crippen molar-refractivity contribution in [2.24, 2.45) is 0 Å². The van der Waals surface area contributed by atoms with Crippen molar-refractivity contribution in [2.75, 3.05) is 18.5 Å². The van der Waals surface area contributed by atoms with E-state index >= 15 is 0 Å². The number of unbranched alkanes of at least 4 members (excludes halogenated alkanes) is 2. The van der Waals surface area contributed by atoms with Gasteiger partial charge in [0.15, 0.2) is 0 Å². The van der Waals surface area contributed by atoms with E-state index in [0.29, 0.717) is 5.88 Å². The van der Waals surface area contributed by atoms with Gasteiger partial charge in [0.2, 0.25) is 5.88 Å². The zero-order valence-electron chi connectivity index (χ0n) is 11.1. The Morgan fingerprint density at radius 1 is 1.18 bits per heavy atom. The number of hydrogen-bond acceptors (Lipinski definition) is 4. The summed E-state index contributed by atoms with van der Waals surface area (Å²) in [6, 6.07) is 1.87. The molecule has 96 valence electrons. The first-order valence-corrected chi connectivity index (χ1v) is 6.54. The van der Waals surface area contributed by atoms with Gasteiger partial charge in [-0.2, -0.15) is 4.98 Å². The lowest BCUT2D eigenvalue weighted by atomic mass is 10.3. The highest BCUT2D eigenvalue weighted by molar-refractivity contribution is 5.38. The number of anilines is 1. The molecule has 0 unspecified atom stereocenters. The number of hydrogen-bond donors (Lipinski definition) is 1. The molecule has 0 amide bonds. The highest BCUT2D eigenvalue weighted by atomic mass is 16.5. The van der Waals surface area contributed by atoms with Crippen molar-refractivity contribution in [1.29, 1.82) is 0 Å². The lowest BCUT2D eigenvalue weighted by Crippen LogP contribution is -2.06. The molecule has 1 heterocycles. The summed E-state index contributed by atoms with van der Waals surface area (Å²) in [4.78, 5) is 8.74. The van der Waals surface area contributed by atoms with Gasteiger partial charge in [-0.25, -0.2) is 4.98 Å². The van der Waals surface area contributed by atoms with Gasteiger partial charge in [0.1, 0.15) is 11.6 Å². The van der Waals surface area contributed by atoms with Crippen molar-refractivity contribution in [3.63, 3.8) is 0 Å². The van der Waals surface area contributed by atoms with Crippen LogP contribution in [0.5, 0.6) is 5.88 Å². The zero-order chi connectivity index (χ0) is 12.5. The number of nitrogens with one attached hydrogen (secondary N) is 1. The van der Waals surface area contributed by atoms with Crippen LogP contribution in [-0.2, 0) is 6.42 Å². The standard InChI is InChI=1S/C13H23N3O/c1-4-7-8-9-17-13-10-12(14-6-3)15-11(5-2)16-13/h10H,4-9H2,1-3H3,(H,14,15,16). The summed E-state index contributed by atoms with van der Waals surface area (Å²) in [6.45, 7) is 7.87. The van der Waals surface area contributed by atoms with Crippen LogP contribution in [0.25, 0.3) is 0 Å². The number of aromatic nitrogens is 2. The zero-order valence-corrected chi connectivity index (χ0v) is 11.1. The quantitative estimate of drug-likeness (QED) is 0.706. The monoisotopic (exact) mass is 237 g/mol. The van der Waals surface area contributed by atoms with E-state index in [1.54, 1.807) is 0 Å². The Morgan fingerprint density at radius 2 is 2.00 bits per heavy atom. The molecule has 0 aliphatic heterocycles. The lowest BCUT2D eigenvalue weighted by molar-refractivity contribution is 0.293. The van der Waals surface area contributed by atoms with Crippen LogP contribution in [0.1, 0.15) is 45.9 Å². The van der Waals surface area contributed by atoms with E-state index in [-0.39, 0.29) is 0 Å². The molecule has 0 aliphatic carbocycles. The minimum atomic E-state index is 0.684. The van der Waals surface area contributed by atoms with Crippen LogP contribution in [-0.4, -0.2) is 23.1 Å². The summed E-state index contributed by atoms with van der Waals surface area (Å²) in [5, 5.41) is 3.19. The Balaban J connectivity index is 2.59. The molecule has 0 saturated carbocycles. The Kier molecular flexibility index (Phi) is 6.37. The summed E-state index contributed by atoms with van der Waals surface area (Å²) in [6.07, 6.45) is 4.31. The van der Waals surface area contributed by atoms with E-state index in [1.165, 1.54) is 12.8 Å². The highest BCUT2D eigenvalue weighted by Crippen LogP contribution is 2.14. The van der Waals surface area contributed by atoms with Crippen molar-refractivity contribution < 1.29 is 4.74 Å². The maximum Gasteiger partial charge on any atom is 0.218 e. The van der Waals surface area contributed by atoms with Crippen LogP contribution in [0.3, 0.4) is 0 Å². The second kappa shape index (κ2) is 7.87. The smallest absolute Gasteiger partial charge is 0.218 e. The van der Waals surface area contributed by atoms with Crippen molar-refractivity contribution in [1.82, 2.24) is 9.97 Å². The largest absolute Gasteiger partial charge is 0.478 e. The molecule has 1 aromatic rings. The van der Waals surface area contributed by atoms with E-state index < -0.39 is 0 Å². The fraction of sp³-hybridized carbons (Fsp3) is 0.692. The number of rotatable bonds is 8. The molecule has 17 heavy (non-hydrogen) atoms. The molecular weight excluding hydrogens is 214 g/mol. The molecule has 0 spiro atoms. The van der Waals surface area contributed by atoms with Crippen LogP contribution in [0.4, 0.5) is 5.82 Å².